The fraction of sp³-hybridized carbons (Fsp3) is 0.0508. The van der Waals surface area contributed by atoms with Crippen LogP contribution >= 0.6 is 0 Å². The molecule has 0 saturated heterocycles. The molecule has 1 aliphatic rings. The molecule has 8 aromatic carbocycles. The standard InChI is InChI=1S/C29H23N3O.C28H22N4O.C2H8N2/c33-29(22-10-5-2-6-11-22)32-25-13-7-12-24(19-25)31-26-15-16-27-23(18-26)20-30-28(27)17-14-21-8-3-1-4-9-21;33-28(21-10-5-2-6-11-21)30-23-13-7-12-22(18-23)29-24-15-16-25-26(31-32-27(25)19-24)17-14-20-8-3-1-4-9-20;3-1-2-4/h1-19,31H,20H2,(H,32,33);1-19,29H,(H,30,33)(H,31,32);1-4H2/b2*17-14+;. The van der Waals surface area contributed by atoms with Crippen molar-refractivity contribution >= 4 is 80.8 Å². The number of amides is 2. The number of allylic oxidation sites excluding steroid dienone is 1. The summed E-state index contributed by atoms with van der Waals surface area (Å²) in [5, 5.41) is 21.3. The number of nitrogens with two attached hydrogens (primary N) is 2. The van der Waals surface area contributed by atoms with E-state index in [2.05, 4.69) is 92.2 Å². The highest BCUT2D eigenvalue weighted by atomic mass is 16.2. The number of H-pyrrole nitrogens is 1. The molecule has 9 N–H and O–H groups in total. The lowest BCUT2D eigenvalue weighted by Gasteiger charge is -2.11. The molecule has 1 aromatic heterocycles. The first-order valence-electron chi connectivity index (χ1n) is 22.9. The maximum Gasteiger partial charge on any atom is 0.255 e. The van der Waals surface area contributed by atoms with Gasteiger partial charge in [-0.2, -0.15) is 5.10 Å². The molecular weight excluding hydrogens is 867 g/mol. The highest BCUT2D eigenvalue weighted by Gasteiger charge is 2.15. The molecule has 346 valence electrons. The summed E-state index contributed by atoms with van der Waals surface area (Å²) >= 11 is 0. The van der Waals surface area contributed by atoms with Crippen LogP contribution in [0.4, 0.5) is 34.1 Å². The Morgan fingerprint density at radius 3 is 1.50 bits per heavy atom. The molecule has 11 heteroatoms. The van der Waals surface area contributed by atoms with Gasteiger partial charge in [0.2, 0.25) is 0 Å². The second-order valence-corrected chi connectivity index (χ2v) is 16.1. The first-order valence-corrected chi connectivity index (χ1v) is 22.9. The minimum absolute atomic E-state index is 0.126. The Morgan fingerprint density at radius 2 is 0.957 bits per heavy atom. The Hall–Kier alpha value is -9.16. The van der Waals surface area contributed by atoms with Gasteiger partial charge in [-0.15, -0.1) is 0 Å². The number of carbonyl (C=O) groups excluding carboxylic acids is 2. The summed E-state index contributed by atoms with van der Waals surface area (Å²) in [7, 11) is 0. The predicted octanol–water partition coefficient (Wildman–Crippen LogP) is 12.3. The van der Waals surface area contributed by atoms with E-state index in [-0.39, 0.29) is 11.8 Å². The van der Waals surface area contributed by atoms with E-state index in [1.165, 1.54) is 5.56 Å². The molecule has 0 bridgehead atoms. The van der Waals surface area contributed by atoms with Gasteiger partial charge < -0.3 is 32.7 Å². The lowest BCUT2D eigenvalue weighted by Crippen LogP contribution is -2.11. The van der Waals surface area contributed by atoms with Crippen LogP contribution in [0.3, 0.4) is 0 Å². The summed E-state index contributed by atoms with van der Waals surface area (Å²) in [5.74, 6) is -0.263. The molecule has 10 rings (SSSR count). The maximum absolute atomic E-state index is 12.4. The molecule has 9 aromatic rings. The van der Waals surface area contributed by atoms with Crippen LogP contribution < -0.4 is 32.7 Å². The molecule has 0 aliphatic carbocycles. The average Bonchev–Trinajstić information content (AvgIpc) is 4.02. The number of fused-ring (bicyclic) bond motifs is 2. The molecule has 11 nitrogen and oxygen atoms in total. The Kier molecular flexibility index (Phi) is 16.3. The highest BCUT2D eigenvalue weighted by Crippen LogP contribution is 2.28. The molecular formula is C59H53N9O2. The fourth-order valence-electron chi connectivity index (χ4n) is 7.44. The Labute approximate surface area is 407 Å². The number of aromatic nitrogens is 2. The maximum atomic E-state index is 12.4. The summed E-state index contributed by atoms with van der Waals surface area (Å²) in [6, 6.07) is 66.5. The van der Waals surface area contributed by atoms with E-state index >= 15 is 0 Å². The number of benzene rings is 8. The van der Waals surface area contributed by atoms with Crippen LogP contribution in [0.1, 0.15) is 48.7 Å². The summed E-state index contributed by atoms with van der Waals surface area (Å²) < 4.78 is 0. The molecule has 0 unspecified atom stereocenters. The van der Waals surface area contributed by atoms with Crippen molar-refractivity contribution < 1.29 is 9.59 Å². The van der Waals surface area contributed by atoms with Gasteiger partial charge in [0.1, 0.15) is 0 Å². The molecule has 70 heavy (non-hydrogen) atoms. The molecule has 0 radical (unpaired) electrons. The number of hydrogen-bond acceptors (Lipinski definition) is 8. The van der Waals surface area contributed by atoms with E-state index in [0.717, 1.165) is 73.1 Å². The van der Waals surface area contributed by atoms with Gasteiger partial charge in [-0.05, 0) is 120 Å². The van der Waals surface area contributed by atoms with Crippen LogP contribution in [0, 0.1) is 0 Å². The fourth-order valence-corrected chi connectivity index (χ4v) is 7.44. The first kappa shape index (κ1) is 47.3. The second-order valence-electron chi connectivity index (χ2n) is 16.1. The van der Waals surface area contributed by atoms with Crippen LogP contribution in [-0.2, 0) is 6.54 Å². The Morgan fingerprint density at radius 1 is 0.486 bits per heavy atom. The van der Waals surface area contributed by atoms with Crippen molar-refractivity contribution in [3.8, 4) is 0 Å². The molecule has 1 aliphatic heterocycles. The number of hydrogen-bond donors (Lipinski definition) is 7. The van der Waals surface area contributed by atoms with Crippen molar-refractivity contribution in [3.05, 3.63) is 251 Å². The smallest absolute Gasteiger partial charge is 0.255 e. The van der Waals surface area contributed by atoms with Crippen molar-refractivity contribution in [1.29, 1.82) is 0 Å². The van der Waals surface area contributed by atoms with Gasteiger partial charge in [0.25, 0.3) is 11.8 Å². The quantitative estimate of drug-likeness (QED) is 0.0602. The third-order valence-corrected chi connectivity index (χ3v) is 10.9. The number of nitrogens with zero attached hydrogens (tertiary/aromatic N) is 2. The van der Waals surface area contributed by atoms with E-state index in [1.54, 1.807) is 24.3 Å². The predicted molar refractivity (Wildman–Crippen MR) is 290 cm³/mol. The zero-order chi connectivity index (χ0) is 48.3. The van der Waals surface area contributed by atoms with E-state index in [4.69, 9.17) is 16.5 Å². The SMILES string of the molecule is NCCN.O=C(Nc1cccc(Nc2ccc3c(/C=C/c4ccccc4)n[nH]c3c2)c1)c1ccccc1.O=C(Nc1cccc(Nc2ccc3c(c2)CN=C3/C=C/c2ccccc2)c1)c1ccccc1. The van der Waals surface area contributed by atoms with E-state index in [1.807, 2.05) is 146 Å². The van der Waals surface area contributed by atoms with E-state index in [9.17, 15) is 9.59 Å². The van der Waals surface area contributed by atoms with Crippen molar-refractivity contribution in [2.75, 3.05) is 34.4 Å². The van der Waals surface area contributed by atoms with Crippen LogP contribution in [0.15, 0.2) is 217 Å². The number of aromatic amines is 1. The summed E-state index contributed by atoms with van der Waals surface area (Å²) in [6.07, 6.45) is 8.24. The number of aliphatic imine (C=N–C) groups is 1. The normalized spacial score (nSPS) is 11.4. The number of anilines is 6. The summed E-state index contributed by atoms with van der Waals surface area (Å²) in [5.41, 5.74) is 23.7. The third-order valence-electron chi connectivity index (χ3n) is 10.9. The van der Waals surface area contributed by atoms with E-state index < -0.39 is 0 Å². The topological polar surface area (TPSA) is 175 Å². The van der Waals surface area contributed by atoms with Crippen molar-refractivity contribution in [1.82, 2.24) is 10.2 Å². The molecule has 0 atom stereocenters. The van der Waals surface area contributed by atoms with Crippen LogP contribution in [0.2, 0.25) is 0 Å². The Balaban J connectivity index is 0.000000175. The zero-order valence-electron chi connectivity index (χ0n) is 38.4. The van der Waals surface area contributed by atoms with Gasteiger partial charge in [-0.3, -0.25) is 19.7 Å². The number of nitrogens with one attached hydrogen (secondary N) is 5. The minimum atomic E-state index is -0.136. The molecule has 2 amide bonds. The number of carbonyl (C=O) groups is 2. The summed E-state index contributed by atoms with van der Waals surface area (Å²) in [6.45, 7) is 1.87. The van der Waals surface area contributed by atoms with Crippen molar-refractivity contribution in [3.63, 3.8) is 0 Å². The summed E-state index contributed by atoms with van der Waals surface area (Å²) in [4.78, 5) is 29.6. The van der Waals surface area contributed by atoms with Gasteiger partial charge in [0, 0.05) is 69.3 Å². The van der Waals surface area contributed by atoms with Crippen molar-refractivity contribution in [2.45, 2.75) is 6.54 Å². The van der Waals surface area contributed by atoms with Crippen LogP contribution in [-0.4, -0.2) is 40.8 Å². The molecule has 0 fully saturated rings. The largest absolute Gasteiger partial charge is 0.355 e. The lowest BCUT2D eigenvalue weighted by molar-refractivity contribution is 0.101. The van der Waals surface area contributed by atoms with Crippen molar-refractivity contribution in [2.24, 2.45) is 16.5 Å². The monoisotopic (exact) mass is 919 g/mol. The Bertz CT molecular complexity index is 3240. The third kappa shape index (κ3) is 13.3. The van der Waals surface area contributed by atoms with Gasteiger partial charge in [-0.1, -0.05) is 127 Å². The molecule has 0 saturated carbocycles. The lowest BCUT2D eigenvalue weighted by atomic mass is 10.0. The van der Waals surface area contributed by atoms with E-state index in [0.29, 0.717) is 30.8 Å². The molecule has 2 heterocycles. The molecule has 0 spiro atoms. The highest BCUT2D eigenvalue weighted by molar-refractivity contribution is 6.13. The minimum Gasteiger partial charge on any atom is -0.355 e. The van der Waals surface area contributed by atoms with Crippen LogP contribution in [0.5, 0.6) is 0 Å². The average molecular weight is 920 g/mol. The van der Waals surface area contributed by atoms with Gasteiger partial charge >= 0.3 is 0 Å². The van der Waals surface area contributed by atoms with Gasteiger partial charge in [0.15, 0.2) is 0 Å². The van der Waals surface area contributed by atoms with Gasteiger partial charge in [-0.25, -0.2) is 0 Å². The number of rotatable bonds is 13. The van der Waals surface area contributed by atoms with Gasteiger partial charge in [0.05, 0.1) is 23.5 Å². The zero-order valence-corrected chi connectivity index (χ0v) is 38.4. The first-order chi connectivity index (χ1) is 34.4. The van der Waals surface area contributed by atoms with Crippen LogP contribution in [0.25, 0.3) is 29.1 Å². The second kappa shape index (κ2) is 24.0.